The fourth-order valence-electron chi connectivity index (χ4n) is 2.24. The lowest BCUT2D eigenvalue weighted by molar-refractivity contribution is -0.384. The molecule has 0 aliphatic carbocycles. The number of carbonyl (C=O) groups excluding carboxylic acids is 1. The van der Waals surface area contributed by atoms with Crippen LogP contribution in [0.4, 0.5) is 5.69 Å². The number of aromatic nitrogens is 2. The summed E-state index contributed by atoms with van der Waals surface area (Å²) in [4.78, 5) is 24.7. The van der Waals surface area contributed by atoms with E-state index < -0.39 is 10.8 Å². The second-order valence-corrected chi connectivity index (χ2v) is 6.81. The standard InChI is InChI=1S/C17H15N5O3S/c1-10-6-7-16(26-10)14-9-15(20-19-14)17(23)21-18-11(2)12-4-3-5-13(8-12)22(24)25/h3-9H,1-2H3,(H,19,20)(H,21,23)/b18-11-. The zero-order chi connectivity index (χ0) is 18.7. The minimum absolute atomic E-state index is 0.0356. The molecule has 2 N–H and O–H groups in total. The van der Waals surface area contributed by atoms with Crippen LogP contribution in [0.5, 0.6) is 0 Å². The molecule has 0 bridgehead atoms. The maximum Gasteiger partial charge on any atom is 0.291 e. The molecule has 2 heterocycles. The Hall–Kier alpha value is -3.33. The predicted molar refractivity (Wildman–Crippen MR) is 99.4 cm³/mol. The second-order valence-electron chi connectivity index (χ2n) is 5.52. The van der Waals surface area contributed by atoms with Crippen molar-refractivity contribution < 1.29 is 9.72 Å². The van der Waals surface area contributed by atoms with Gasteiger partial charge in [-0.2, -0.15) is 10.2 Å². The number of hydrogen-bond acceptors (Lipinski definition) is 6. The van der Waals surface area contributed by atoms with Gasteiger partial charge in [-0.05, 0) is 32.0 Å². The van der Waals surface area contributed by atoms with Crippen LogP contribution < -0.4 is 5.43 Å². The van der Waals surface area contributed by atoms with Crippen LogP contribution in [0.2, 0.25) is 0 Å². The van der Waals surface area contributed by atoms with Gasteiger partial charge in [0.1, 0.15) is 0 Å². The lowest BCUT2D eigenvalue weighted by Crippen LogP contribution is -2.19. The summed E-state index contributed by atoms with van der Waals surface area (Å²) in [6.45, 7) is 3.66. The maximum atomic E-state index is 12.2. The van der Waals surface area contributed by atoms with E-state index in [4.69, 9.17) is 0 Å². The van der Waals surface area contributed by atoms with Gasteiger partial charge < -0.3 is 0 Å². The zero-order valence-corrected chi connectivity index (χ0v) is 14.8. The van der Waals surface area contributed by atoms with Crippen molar-refractivity contribution in [3.05, 3.63) is 68.7 Å². The van der Waals surface area contributed by atoms with Gasteiger partial charge in [0.25, 0.3) is 11.6 Å². The van der Waals surface area contributed by atoms with Gasteiger partial charge >= 0.3 is 0 Å². The summed E-state index contributed by atoms with van der Waals surface area (Å²) in [5, 5.41) is 21.7. The molecular weight excluding hydrogens is 354 g/mol. The number of rotatable bonds is 5. The highest BCUT2D eigenvalue weighted by atomic mass is 32.1. The fraction of sp³-hybridized carbons (Fsp3) is 0.118. The van der Waals surface area contributed by atoms with Gasteiger partial charge in [-0.15, -0.1) is 11.3 Å². The van der Waals surface area contributed by atoms with Crippen molar-refractivity contribution in [1.82, 2.24) is 15.6 Å². The van der Waals surface area contributed by atoms with E-state index >= 15 is 0 Å². The lowest BCUT2D eigenvalue weighted by Gasteiger charge is -2.01. The molecule has 26 heavy (non-hydrogen) atoms. The first kappa shape index (κ1) is 17.5. The summed E-state index contributed by atoms with van der Waals surface area (Å²) >= 11 is 1.60. The third kappa shape index (κ3) is 3.83. The maximum absolute atomic E-state index is 12.2. The monoisotopic (exact) mass is 369 g/mol. The summed E-state index contributed by atoms with van der Waals surface area (Å²) < 4.78 is 0. The average molecular weight is 369 g/mol. The number of H-pyrrole nitrogens is 1. The number of nitrogens with zero attached hydrogens (tertiary/aromatic N) is 3. The molecule has 0 aliphatic rings. The molecule has 0 fully saturated rings. The highest BCUT2D eigenvalue weighted by molar-refractivity contribution is 7.15. The Morgan fingerprint density at radius 1 is 1.31 bits per heavy atom. The number of benzene rings is 1. The van der Waals surface area contributed by atoms with Crippen LogP contribution in [0.25, 0.3) is 10.6 Å². The number of non-ortho nitro benzene ring substituents is 1. The van der Waals surface area contributed by atoms with Crippen LogP contribution >= 0.6 is 11.3 Å². The SMILES string of the molecule is C/C(=N/NC(=O)c1cc(-c2ccc(C)s2)[nH]n1)c1cccc([N+](=O)[O-])c1. The zero-order valence-electron chi connectivity index (χ0n) is 14.0. The molecule has 2 aromatic heterocycles. The molecule has 132 valence electrons. The Kier molecular flexibility index (Phi) is 4.90. The molecule has 0 unspecified atom stereocenters. The van der Waals surface area contributed by atoms with Crippen LogP contribution in [-0.2, 0) is 0 Å². The number of nitrogens with one attached hydrogen (secondary N) is 2. The van der Waals surface area contributed by atoms with Gasteiger partial charge in [-0.1, -0.05) is 12.1 Å². The van der Waals surface area contributed by atoms with E-state index in [2.05, 4.69) is 20.7 Å². The van der Waals surface area contributed by atoms with Crippen LogP contribution in [0.15, 0.2) is 47.6 Å². The number of hydrazone groups is 1. The average Bonchev–Trinajstić information content (AvgIpc) is 3.28. The van der Waals surface area contributed by atoms with Crippen molar-refractivity contribution in [2.45, 2.75) is 13.8 Å². The normalized spacial score (nSPS) is 11.4. The molecule has 1 amide bonds. The molecule has 0 spiro atoms. The summed E-state index contributed by atoms with van der Waals surface area (Å²) in [5.74, 6) is -0.467. The summed E-state index contributed by atoms with van der Waals surface area (Å²) in [6.07, 6.45) is 0. The molecule has 8 nitrogen and oxygen atoms in total. The Bertz CT molecular complexity index is 1010. The molecule has 0 saturated carbocycles. The molecular formula is C17H15N5O3S. The Labute approximate surface area is 152 Å². The van der Waals surface area contributed by atoms with Crippen LogP contribution in [0.1, 0.15) is 27.9 Å². The molecule has 3 aromatic rings. The van der Waals surface area contributed by atoms with Gasteiger partial charge in [0.05, 0.1) is 21.2 Å². The summed E-state index contributed by atoms with van der Waals surface area (Å²) in [6, 6.07) is 11.6. The lowest BCUT2D eigenvalue weighted by atomic mass is 10.1. The third-order valence-electron chi connectivity index (χ3n) is 3.62. The van der Waals surface area contributed by atoms with Crippen molar-refractivity contribution in [2.24, 2.45) is 5.10 Å². The number of aromatic amines is 1. The number of nitro benzene ring substituents is 1. The Balaban J connectivity index is 1.72. The number of thiophene rings is 1. The minimum Gasteiger partial charge on any atom is -0.276 e. The molecule has 1 aromatic carbocycles. The van der Waals surface area contributed by atoms with E-state index in [-0.39, 0.29) is 11.4 Å². The van der Waals surface area contributed by atoms with E-state index in [0.29, 0.717) is 11.3 Å². The second kappa shape index (κ2) is 7.28. The highest BCUT2D eigenvalue weighted by Gasteiger charge is 2.13. The first-order chi connectivity index (χ1) is 12.4. The highest BCUT2D eigenvalue weighted by Crippen LogP contribution is 2.26. The van der Waals surface area contributed by atoms with E-state index in [1.807, 2.05) is 19.1 Å². The number of amides is 1. The molecule has 0 saturated heterocycles. The summed E-state index contributed by atoms with van der Waals surface area (Å²) in [5.41, 5.74) is 4.35. The minimum atomic E-state index is -0.479. The van der Waals surface area contributed by atoms with E-state index in [1.165, 1.54) is 12.1 Å². The fourth-order valence-corrected chi connectivity index (χ4v) is 3.08. The smallest absolute Gasteiger partial charge is 0.276 e. The molecule has 0 atom stereocenters. The largest absolute Gasteiger partial charge is 0.291 e. The number of nitro groups is 1. The molecule has 0 radical (unpaired) electrons. The van der Waals surface area contributed by atoms with Crippen LogP contribution in [0, 0.1) is 17.0 Å². The quantitative estimate of drug-likeness (QED) is 0.407. The van der Waals surface area contributed by atoms with Crippen molar-refractivity contribution in [2.75, 3.05) is 0 Å². The van der Waals surface area contributed by atoms with E-state index in [1.54, 1.807) is 36.5 Å². The van der Waals surface area contributed by atoms with Crippen LogP contribution in [-0.4, -0.2) is 26.7 Å². The van der Waals surface area contributed by atoms with Gasteiger partial charge in [-0.3, -0.25) is 20.0 Å². The number of aryl methyl sites for hydroxylation is 1. The molecule has 3 rings (SSSR count). The van der Waals surface area contributed by atoms with Gasteiger partial charge in [0, 0.05) is 22.6 Å². The first-order valence-electron chi connectivity index (χ1n) is 7.65. The Morgan fingerprint density at radius 3 is 2.81 bits per heavy atom. The van der Waals surface area contributed by atoms with Crippen molar-refractivity contribution in [3.63, 3.8) is 0 Å². The van der Waals surface area contributed by atoms with Crippen molar-refractivity contribution in [3.8, 4) is 10.6 Å². The topological polar surface area (TPSA) is 113 Å². The van der Waals surface area contributed by atoms with E-state index in [9.17, 15) is 14.9 Å². The molecule has 9 heteroatoms. The predicted octanol–water partition coefficient (Wildman–Crippen LogP) is 3.51. The van der Waals surface area contributed by atoms with Gasteiger partial charge in [0.15, 0.2) is 5.69 Å². The Morgan fingerprint density at radius 2 is 2.12 bits per heavy atom. The third-order valence-corrected chi connectivity index (χ3v) is 4.65. The number of carbonyl (C=O) groups is 1. The van der Waals surface area contributed by atoms with Gasteiger partial charge in [0.2, 0.25) is 0 Å². The van der Waals surface area contributed by atoms with E-state index in [0.717, 1.165) is 15.4 Å². The van der Waals surface area contributed by atoms with Gasteiger partial charge in [-0.25, -0.2) is 5.43 Å². The number of hydrogen-bond donors (Lipinski definition) is 2. The molecule has 0 aliphatic heterocycles. The summed E-state index contributed by atoms with van der Waals surface area (Å²) in [7, 11) is 0. The van der Waals surface area contributed by atoms with Crippen molar-refractivity contribution in [1.29, 1.82) is 0 Å². The first-order valence-corrected chi connectivity index (χ1v) is 8.47. The van der Waals surface area contributed by atoms with Crippen LogP contribution in [0.3, 0.4) is 0 Å². The van der Waals surface area contributed by atoms with Crippen molar-refractivity contribution >= 4 is 28.6 Å².